The highest BCUT2D eigenvalue weighted by atomic mass is 32.2. The average Bonchev–Trinajstić information content (AvgIpc) is 3.04. The molecule has 0 atom stereocenters. The van der Waals surface area contributed by atoms with E-state index in [-0.39, 0.29) is 5.82 Å². The van der Waals surface area contributed by atoms with E-state index in [0.717, 1.165) is 17.9 Å². The molecule has 3 aromatic rings. The lowest BCUT2D eigenvalue weighted by Crippen LogP contribution is -2.00. The highest BCUT2D eigenvalue weighted by molar-refractivity contribution is 7.99. The van der Waals surface area contributed by atoms with E-state index in [4.69, 9.17) is 4.74 Å². The second-order valence-corrected chi connectivity index (χ2v) is 5.86. The molecule has 1 heterocycles. The summed E-state index contributed by atoms with van der Waals surface area (Å²) in [7, 11) is 1.65. The number of nitrogens with zero attached hydrogens (tertiary/aromatic N) is 4. The molecule has 0 N–H and O–H groups in total. The molecule has 0 saturated heterocycles. The number of thioether (sulfide) groups is 1. The SMILES string of the molecule is COc1ccc(CCSc2nnnn2-c2cccc(F)c2)cc1. The van der Waals surface area contributed by atoms with Crippen LogP contribution in [0.3, 0.4) is 0 Å². The normalized spacial score (nSPS) is 10.7. The zero-order chi connectivity index (χ0) is 16.1. The molecule has 5 nitrogen and oxygen atoms in total. The topological polar surface area (TPSA) is 52.8 Å². The summed E-state index contributed by atoms with van der Waals surface area (Å²) in [5.41, 5.74) is 1.82. The van der Waals surface area contributed by atoms with Gasteiger partial charge < -0.3 is 4.74 Å². The van der Waals surface area contributed by atoms with E-state index in [1.807, 2.05) is 24.3 Å². The predicted octanol–water partition coefficient (Wildman–Crippen LogP) is 3.14. The molecule has 0 aliphatic carbocycles. The number of ether oxygens (including phenoxy) is 1. The van der Waals surface area contributed by atoms with Crippen LogP contribution in [0.1, 0.15) is 5.56 Å². The van der Waals surface area contributed by atoms with Crippen LogP contribution in [0.5, 0.6) is 5.75 Å². The van der Waals surface area contributed by atoms with Crippen LogP contribution in [0.15, 0.2) is 53.7 Å². The van der Waals surface area contributed by atoms with E-state index in [1.54, 1.807) is 23.9 Å². The molecule has 118 valence electrons. The van der Waals surface area contributed by atoms with Crippen molar-refractivity contribution in [2.24, 2.45) is 0 Å². The fraction of sp³-hybridized carbons (Fsp3) is 0.188. The van der Waals surface area contributed by atoms with Gasteiger partial charge in [-0.15, -0.1) is 5.10 Å². The van der Waals surface area contributed by atoms with Gasteiger partial charge >= 0.3 is 0 Å². The molecule has 2 aromatic carbocycles. The molecule has 0 spiro atoms. The Morgan fingerprint density at radius 3 is 2.74 bits per heavy atom. The Morgan fingerprint density at radius 1 is 1.17 bits per heavy atom. The van der Waals surface area contributed by atoms with Gasteiger partial charge in [0.1, 0.15) is 11.6 Å². The lowest BCUT2D eigenvalue weighted by molar-refractivity contribution is 0.414. The summed E-state index contributed by atoms with van der Waals surface area (Å²) in [4.78, 5) is 0. The van der Waals surface area contributed by atoms with Gasteiger partial charge in [-0.1, -0.05) is 30.0 Å². The first-order valence-electron chi connectivity index (χ1n) is 7.06. The Hall–Kier alpha value is -2.41. The molecule has 23 heavy (non-hydrogen) atoms. The molecule has 0 aliphatic heterocycles. The van der Waals surface area contributed by atoms with Crippen LogP contribution in [0.4, 0.5) is 4.39 Å². The zero-order valence-electron chi connectivity index (χ0n) is 12.5. The van der Waals surface area contributed by atoms with E-state index in [1.165, 1.54) is 29.5 Å². The maximum absolute atomic E-state index is 13.3. The van der Waals surface area contributed by atoms with Crippen molar-refractivity contribution in [1.29, 1.82) is 0 Å². The van der Waals surface area contributed by atoms with Gasteiger partial charge in [-0.3, -0.25) is 0 Å². The van der Waals surface area contributed by atoms with Crippen LogP contribution in [-0.4, -0.2) is 33.1 Å². The van der Waals surface area contributed by atoms with E-state index in [2.05, 4.69) is 15.5 Å². The molecule has 7 heteroatoms. The fourth-order valence-electron chi connectivity index (χ4n) is 2.09. The minimum Gasteiger partial charge on any atom is -0.497 e. The number of hydrogen-bond donors (Lipinski definition) is 0. The van der Waals surface area contributed by atoms with Gasteiger partial charge in [-0.2, -0.15) is 4.68 Å². The number of benzene rings is 2. The van der Waals surface area contributed by atoms with Crippen molar-refractivity contribution in [3.63, 3.8) is 0 Å². The third kappa shape index (κ3) is 3.87. The summed E-state index contributed by atoms with van der Waals surface area (Å²) in [6.07, 6.45) is 0.880. The van der Waals surface area contributed by atoms with Gasteiger partial charge in [0, 0.05) is 5.75 Å². The highest BCUT2D eigenvalue weighted by Gasteiger charge is 2.09. The molecular formula is C16H15FN4OS. The summed E-state index contributed by atoms with van der Waals surface area (Å²) < 4.78 is 20.0. The summed E-state index contributed by atoms with van der Waals surface area (Å²) in [5, 5.41) is 12.3. The molecule has 0 fully saturated rings. The van der Waals surface area contributed by atoms with Crippen molar-refractivity contribution >= 4 is 11.8 Å². The Balaban J connectivity index is 1.64. The third-order valence-electron chi connectivity index (χ3n) is 3.27. The van der Waals surface area contributed by atoms with E-state index in [0.29, 0.717) is 10.8 Å². The van der Waals surface area contributed by atoms with Crippen LogP contribution >= 0.6 is 11.8 Å². The van der Waals surface area contributed by atoms with Crippen molar-refractivity contribution in [2.75, 3.05) is 12.9 Å². The van der Waals surface area contributed by atoms with Crippen molar-refractivity contribution in [3.8, 4) is 11.4 Å². The highest BCUT2D eigenvalue weighted by Crippen LogP contribution is 2.20. The molecule has 0 unspecified atom stereocenters. The van der Waals surface area contributed by atoms with Crippen LogP contribution in [0.2, 0.25) is 0 Å². The Morgan fingerprint density at radius 2 is 2.00 bits per heavy atom. The average molecular weight is 330 g/mol. The van der Waals surface area contributed by atoms with Gasteiger partial charge in [-0.05, 0) is 52.7 Å². The zero-order valence-corrected chi connectivity index (χ0v) is 13.3. The standard InChI is InChI=1S/C16H15FN4OS/c1-22-15-7-5-12(6-8-15)9-10-23-16-18-19-20-21(16)14-4-2-3-13(17)11-14/h2-8,11H,9-10H2,1H3. The minimum atomic E-state index is -0.313. The number of hydrogen-bond acceptors (Lipinski definition) is 5. The fourth-order valence-corrected chi connectivity index (χ4v) is 2.97. The van der Waals surface area contributed by atoms with Gasteiger partial charge in [0.2, 0.25) is 5.16 Å². The first kappa shape index (κ1) is 15.5. The minimum absolute atomic E-state index is 0.313. The van der Waals surface area contributed by atoms with Crippen molar-refractivity contribution in [3.05, 3.63) is 59.9 Å². The number of methoxy groups -OCH3 is 1. The number of aromatic nitrogens is 4. The van der Waals surface area contributed by atoms with Crippen LogP contribution < -0.4 is 4.74 Å². The van der Waals surface area contributed by atoms with Crippen molar-refractivity contribution in [2.45, 2.75) is 11.6 Å². The quantitative estimate of drug-likeness (QED) is 0.650. The van der Waals surface area contributed by atoms with Crippen LogP contribution in [0.25, 0.3) is 5.69 Å². The van der Waals surface area contributed by atoms with E-state index >= 15 is 0 Å². The molecule has 0 aliphatic rings. The van der Waals surface area contributed by atoms with Gasteiger partial charge in [0.15, 0.2) is 0 Å². The van der Waals surface area contributed by atoms with Crippen LogP contribution in [0, 0.1) is 5.82 Å². The van der Waals surface area contributed by atoms with E-state index < -0.39 is 0 Å². The predicted molar refractivity (Wildman–Crippen MR) is 86.5 cm³/mol. The Labute approximate surface area is 137 Å². The molecule has 3 rings (SSSR count). The Bertz CT molecular complexity index is 776. The number of rotatable bonds is 6. The first-order valence-corrected chi connectivity index (χ1v) is 8.05. The summed E-state index contributed by atoms with van der Waals surface area (Å²) >= 11 is 1.53. The number of halogens is 1. The number of tetrazole rings is 1. The Kier molecular flexibility index (Phi) is 4.87. The van der Waals surface area contributed by atoms with Crippen molar-refractivity contribution < 1.29 is 9.13 Å². The second kappa shape index (κ2) is 7.23. The second-order valence-electron chi connectivity index (χ2n) is 4.80. The number of aryl methyl sites for hydroxylation is 1. The van der Waals surface area contributed by atoms with Gasteiger partial charge in [-0.25, -0.2) is 4.39 Å². The van der Waals surface area contributed by atoms with E-state index in [9.17, 15) is 4.39 Å². The lowest BCUT2D eigenvalue weighted by atomic mass is 10.2. The van der Waals surface area contributed by atoms with Gasteiger partial charge in [0.25, 0.3) is 0 Å². The molecule has 0 bridgehead atoms. The summed E-state index contributed by atoms with van der Waals surface area (Å²) in [6.45, 7) is 0. The molecule has 0 amide bonds. The van der Waals surface area contributed by atoms with Crippen molar-refractivity contribution in [1.82, 2.24) is 20.2 Å². The molecule has 1 aromatic heterocycles. The largest absolute Gasteiger partial charge is 0.497 e. The van der Waals surface area contributed by atoms with Crippen LogP contribution in [-0.2, 0) is 6.42 Å². The monoisotopic (exact) mass is 330 g/mol. The molecular weight excluding hydrogens is 315 g/mol. The summed E-state index contributed by atoms with van der Waals surface area (Å²) in [6, 6.07) is 14.2. The third-order valence-corrected chi connectivity index (χ3v) is 4.20. The molecule has 0 radical (unpaired) electrons. The first-order chi connectivity index (χ1) is 11.3. The maximum Gasteiger partial charge on any atom is 0.214 e. The summed E-state index contributed by atoms with van der Waals surface area (Å²) in [5.74, 6) is 1.35. The smallest absolute Gasteiger partial charge is 0.214 e. The maximum atomic E-state index is 13.3. The molecule has 0 saturated carbocycles. The lowest BCUT2D eigenvalue weighted by Gasteiger charge is -2.05. The van der Waals surface area contributed by atoms with Gasteiger partial charge in [0.05, 0.1) is 12.8 Å².